The van der Waals surface area contributed by atoms with E-state index in [-0.39, 0.29) is 43.3 Å². The predicted octanol–water partition coefficient (Wildman–Crippen LogP) is 8.40. The number of halogens is 5. The van der Waals surface area contributed by atoms with Gasteiger partial charge in [0.1, 0.15) is 30.3 Å². The Morgan fingerprint density at radius 2 is 1.71 bits per heavy atom. The second-order valence-corrected chi connectivity index (χ2v) is 15.1. The Labute approximate surface area is 350 Å². The van der Waals surface area contributed by atoms with Gasteiger partial charge in [-0.25, -0.2) is 14.4 Å². The van der Waals surface area contributed by atoms with Crippen molar-refractivity contribution in [3.05, 3.63) is 101 Å². The molecule has 0 spiro atoms. The average Bonchev–Trinajstić information content (AvgIpc) is 3.46. The predicted molar refractivity (Wildman–Crippen MR) is 224 cm³/mol. The maximum absolute atomic E-state index is 13.6. The molecule has 6 rings (SSSR count). The first-order valence-electron chi connectivity index (χ1n) is 16.6. The average molecular weight is 1010 g/mol. The van der Waals surface area contributed by atoms with Crippen LogP contribution in [0.15, 0.2) is 75.9 Å². The number of hydrogen-bond acceptors (Lipinski definition) is 10. The number of fused-ring (bicyclic) bond motifs is 2. The largest absolute Gasteiger partial charge is 0.493 e. The first kappa shape index (κ1) is 40.6. The van der Waals surface area contributed by atoms with E-state index in [1.165, 1.54) is 25.6 Å². The van der Waals surface area contributed by atoms with Gasteiger partial charge in [-0.1, -0.05) is 11.6 Å². The number of benzene rings is 4. The summed E-state index contributed by atoms with van der Waals surface area (Å²) >= 11 is 15.2. The number of carbonyl (C=O) groups is 2. The van der Waals surface area contributed by atoms with Gasteiger partial charge < -0.3 is 39.6 Å². The first-order chi connectivity index (χ1) is 26.6. The van der Waals surface area contributed by atoms with Gasteiger partial charge in [-0.15, -0.1) is 0 Å². The van der Waals surface area contributed by atoms with Crippen LogP contribution in [0.5, 0.6) is 17.2 Å². The van der Waals surface area contributed by atoms with Crippen molar-refractivity contribution in [1.29, 1.82) is 0 Å². The van der Waals surface area contributed by atoms with E-state index in [1.807, 2.05) is 36.4 Å². The molecule has 12 nitrogen and oxygen atoms in total. The van der Waals surface area contributed by atoms with E-state index < -0.39 is 5.82 Å². The molecule has 0 aliphatic carbocycles. The number of amides is 2. The van der Waals surface area contributed by atoms with Crippen molar-refractivity contribution in [2.45, 2.75) is 0 Å². The zero-order valence-corrected chi connectivity index (χ0v) is 35.1. The van der Waals surface area contributed by atoms with E-state index in [0.717, 1.165) is 20.4 Å². The number of aromatic nitrogens is 2. The summed E-state index contributed by atoms with van der Waals surface area (Å²) in [6.07, 6.45) is 3.22. The van der Waals surface area contributed by atoms with Gasteiger partial charge in [0.2, 0.25) is 0 Å². The summed E-state index contributed by atoms with van der Waals surface area (Å²) in [5, 5.41) is 9.44. The number of nitrogens with one attached hydrogen (secondary N) is 3. The number of methoxy groups -OCH3 is 1. The second-order valence-electron chi connectivity index (χ2n) is 11.7. The van der Waals surface area contributed by atoms with Gasteiger partial charge >= 0.3 is 0 Å². The number of anilines is 3. The number of nitrogens with zero attached hydrogens (tertiary/aromatic N) is 2. The van der Waals surface area contributed by atoms with Gasteiger partial charge in [0.05, 0.1) is 53.0 Å². The number of rotatable bonds is 17. The van der Waals surface area contributed by atoms with Gasteiger partial charge in [0.15, 0.2) is 18.1 Å². The Kier molecular flexibility index (Phi) is 14.2. The van der Waals surface area contributed by atoms with Crippen LogP contribution >= 0.6 is 66.1 Å². The van der Waals surface area contributed by atoms with E-state index in [1.54, 1.807) is 18.2 Å². The minimum Gasteiger partial charge on any atom is -0.493 e. The fraction of sp³-hybridized carbons (Fsp3) is 0.211. The van der Waals surface area contributed by atoms with Gasteiger partial charge in [-0.05, 0) is 121 Å². The summed E-state index contributed by atoms with van der Waals surface area (Å²) in [7, 11) is 1.54. The molecule has 3 N–H and O–H groups in total. The summed E-state index contributed by atoms with van der Waals surface area (Å²) in [4.78, 5) is 33.7. The van der Waals surface area contributed by atoms with E-state index in [0.29, 0.717) is 73.9 Å². The highest BCUT2D eigenvalue weighted by atomic mass is 127. The van der Waals surface area contributed by atoms with Crippen LogP contribution in [0.3, 0.4) is 0 Å². The summed E-state index contributed by atoms with van der Waals surface area (Å²) < 4.78 is 44.3. The van der Waals surface area contributed by atoms with Crippen molar-refractivity contribution in [1.82, 2.24) is 15.3 Å². The molecule has 4 aromatic carbocycles. The Morgan fingerprint density at radius 1 is 0.945 bits per heavy atom. The smallest absolute Gasteiger partial charge is 0.258 e. The summed E-state index contributed by atoms with van der Waals surface area (Å²) in [5.74, 6) is 0.905. The van der Waals surface area contributed by atoms with E-state index in [2.05, 4.69) is 80.4 Å². The van der Waals surface area contributed by atoms with Crippen LogP contribution in [0.4, 0.5) is 21.6 Å². The van der Waals surface area contributed by atoms with Crippen LogP contribution in [0.2, 0.25) is 5.02 Å². The van der Waals surface area contributed by atoms with Crippen molar-refractivity contribution < 1.29 is 37.7 Å². The molecule has 0 radical (unpaired) electrons. The zero-order valence-electron chi connectivity index (χ0n) is 29.0. The number of hydrogen-bond donors (Lipinski definition) is 3. The maximum atomic E-state index is 13.6. The molecule has 1 aromatic heterocycles. The minimum absolute atomic E-state index is 0.0106. The highest BCUT2D eigenvalue weighted by Gasteiger charge is 2.24. The molecule has 0 saturated heterocycles. The van der Waals surface area contributed by atoms with Crippen molar-refractivity contribution in [3.63, 3.8) is 0 Å². The number of carbonyl (C=O) groups excluding carboxylic acids is 2. The topological polar surface area (TPSA) is 142 Å². The van der Waals surface area contributed by atoms with Crippen molar-refractivity contribution >= 4 is 118 Å². The molecule has 0 fully saturated rings. The van der Waals surface area contributed by atoms with Crippen molar-refractivity contribution in [3.8, 4) is 17.2 Å². The second kappa shape index (κ2) is 19.2. The van der Waals surface area contributed by atoms with Crippen LogP contribution in [0, 0.1) is 9.39 Å². The summed E-state index contributed by atoms with van der Waals surface area (Å²) in [6, 6.07) is 17.2. The standard InChI is InChI=1S/C38H32Br2ClFIN5O7/c1-51-33-18-32-26(37(46-20-45-32)47-23-3-4-30(42)29(41)16-23)17-34(33)54-11-10-53-9-8-52-7-6-44-35(49)19-55-36-27(39)13-21(14-28(36)40)12-25-24-15-22(43)2-5-31(24)48-38(25)50/h2-5,12-18,20H,6-11,19H2,1H3,(H,44,49)(H,48,50)(H,45,46,47)/b25-12-. The third-order valence-corrected chi connectivity index (χ3v) is 10.1. The third kappa shape index (κ3) is 10.6. The number of ether oxygens (including phenoxy) is 5. The lowest BCUT2D eigenvalue weighted by Crippen LogP contribution is -2.32. The van der Waals surface area contributed by atoms with Gasteiger partial charge in [0, 0.05) is 44.1 Å². The molecular formula is C38H32Br2ClFIN5O7. The van der Waals surface area contributed by atoms with Gasteiger partial charge in [0.25, 0.3) is 11.8 Å². The van der Waals surface area contributed by atoms with Crippen LogP contribution in [-0.2, 0) is 19.1 Å². The lowest BCUT2D eigenvalue weighted by atomic mass is 10.0. The molecule has 0 bridgehead atoms. The van der Waals surface area contributed by atoms with Crippen LogP contribution in [-0.4, -0.2) is 75.1 Å². The van der Waals surface area contributed by atoms with E-state index in [9.17, 15) is 14.0 Å². The maximum Gasteiger partial charge on any atom is 0.258 e. The fourth-order valence-corrected chi connectivity index (χ4v) is 7.52. The molecule has 1 aliphatic rings. The van der Waals surface area contributed by atoms with Crippen LogP contribution < -0.4 is 30.2 Å². The molecule has 2 heterocycles. The molecule has 5 aromatic rings. The fourth-order valence-electron chi connectivity index (χ4n) is 5.40. The zero-order chi connectivity index (χ0) is 38.9. The summed E-state index contributed by atoms with van der Waals surface area (Å²) in [5.41, 5.74) is 4.15. The Morgan fingerprint density at radius 3 is 2.47 bits per heavy atom. The minimum atomic E-state index is -0.517. The van der Waals surface area contributed by atoms with E-state index >= 15 is 0 Å². The Bertz CT molecular complexity index is 2240. The molecule has 1 aliphatic heterocycles. The Hall–Kier alpha value is -4.07. The lowest BCUT2D eigenvalue weighted by Gasteiger charge is -2.14. The van der Waals surface area contributed by atoms with Gasteiger partial charge in [-0.2, -0.15) is 0 Å². The van der Waals surface area contributed by atoms with Gasteiger partial charge in [-0.3, -0.25) is 9.59 Å². The molecule has 0 atom stereocenters. The monoisotopic (exact) mass is 1010 g/mol. The van der Waals surface area contributed by atoms with E-state index in [4.69, 9.17) is 35.3 Å². The van der Waals surface area contributed by atoms with Crippen LogP contribution in [0.1, 0.15) is 11.1 Å². The van der Waals surface area contributed by atoms with Crippen molar-refractivity contribution in [2.24, 2.45) is 0 Å². The highest BCUT2D eigenvalue weighted by molar-refractivity contribution is 14.1. The molecule has 286 valence electrons. The molecule has 55 heavy (non-hydrogen) atoms. The van der Waals surface area contributed by atoms with Crippen molar-refractivity contribution in [2.75, 3.05) is 63.9 Å². The molecular weight excluding hydrogens is 980 g/mol. The quantitative estimate of drug-likeness (QED) is 0.0473. The summed E-state index contributed by atoms with van der Waals surface area (Å²) in [6.45, 7) is 1.54. The lowest BCUT2D eigenvalue weighted by molar-refractivity contribution is -0.123. The molecule has 0 saturated carbocycles. The molecule has 2 amide bonds. The normalized spacial score (nSPS) is 12.8. The molecule has 17 heteroatoms. The Balaban J connectivity index is 0.883. The highest BCUT2D eigenvalue weighted by Crippen LogP contribution is 2.39. The molecule has 0 unspecified atom stereocenters. The first-order valence-corrected chi connectivity index (χ1v) is 19.7. The third-order valence-electron chi connectivity index (χ3n) is 7.97. The van der Waals surface area contributed by atoms with Crippen LogP contribution in [0.25, 0.3) is 22.6 Å². The SMILES string of the molecule is COc1cc2ncnc(Nc3ccc(F)c(Cl)c3)c2cc1OCCOCCOCCNC(=O)COc1c(Br)cc(/C=C2\C(=O)Nc3ccc(I)cc32)cc1Br.